The maximum absolute atomic E-state index is 11.1. The van der Waals surface area contributed by atoms with Gasteiger partial charge in [0.1, 0.15) is 0 Å². The van der Waals surface area contributed by atoms with Gasteiger partial charge in [-0.15, -0.1) is 0 Å². The molecule has 0 heterocycles. The number of amides is 1. The summed E-state index contributed by atoms with van der Waals surface area (Å²) < 4.78 is 0. The highest BCUT2D eigenvalue weighted by Gasteiger charge is 1.99. The van der Waals surface area contributed by atoms with E-state index in [0.717, 1.165) is 38.6 Å². The quantitative estimate of drug-likeness (QED) is 0.692. The lowest BCUT2D eigenvalue weighted by Gasteiger charge is -2.05. The third kappa shape index (κ3) is 5.82. The molecule has 1 amide bonds. The van der Waals surface area contributed by atoms with E-state index >= 15 is 0 Å². The van der Waals surface area contributed by atoms with Crippen LogP contribution in [-0.4, -0.2) is 19.5 Å². The van der Waals surface area contributed by atoms with E-state index < -0.39 is 0 Å². The zero-order valence-corrected chi connectivity index (χ0v) is 11.2. The normalized spacial score (nSPS) is 10.3. The average Bonchev–Trinajstić information content (AvgIpc) is 2.41. The summed E-state index contributed by atoms with van der Waals surface area (Å²) in [5, 5.41) is 2.65. The van der Waals surface area contributed by atoms with Crippen LogP contribution in [0.3, 0.4) is 0 Å². The van der Waals surface area contributed by atoms with Crippen molar-refractivity contribution < 1.29 is 4.79 Å². The predicted octanol–water partition coefficient (Wildman–Crippen LogP) is 2.04. The van der Waals surface area contributed by atoms with E-state index in [1.165, 1.54) is 11.1 Å². The van der Waals surface area contributed by atoms with Gasteiger partial charge in [0, 0.05) is 13.5 Å². The van der Waals surface area contributed by atoms with Crippen LogP contribution in [0.15, 0.2) is 24.3 Å². The van der Waals surface area contributed by atoms with Crippen molar-refractivity contribution in [2.75, 3.05) is 13.6 Å². The Morgan fingerprint density at radius 3 is 2.44 bits per heavy atom. The predicted molar refractivity (Wildman–Crippen MR) is 75.4 cm³/mol. The van der Waals surface area contributed by atoms with Gasteiger partial charge in [-0.05, 0) is 49.8 Å². The molecule has 0 saturated carbocycles. The Hall–Kier alpha value is -1.35. The van der Waals surface area contributed by atoms with Gasteiger partial charge in [-0.1, -0.05) is 24.3 Å². The standard InChI is InChI=1S/C15H24N2O/c1-17-15(18)10-3-2-6-13-7-4-8-14(12-13)9-5-11-16/h4,7-8,12H,2-3,5-6,9-11,16H2,1H3,(H,17,18). The average molecular weight is 248 g/mol. The lowest BCUT2D eigenvalue weighted by atomic mass is 10.0. The van der Waals surface area contributed by atoms with Crippen LogP contribution in [0.1, 0.15) is 36.8 Å². The van der Waals surface area contributed by atoms with Crippen LogP contribution in [0.25, 0.3) is 0 Å². The summed E-state index contributed by atoms with van der Waals surface area (Å²) in [7, 11) is 1.68. The first-order valence-corrected chi connectivity index (χ1v) is 6.74. The van der Waals surface area contributed by atoms with Gasteiger partial charge in [-0.2, -0.15) is 0 Å². The van der Waals surface area contributed by atoms with Gasteiger partial charge in [0.2, 0.25) is 5.91 Å². The zero-order chi connectivity index (χ0) is 13.2. The van der Waals surface area contributed by atoms with Gasteiger partial charge in [-0.25, -0.2) is 0 Å². The van der Waals surface area contributed by atoms with Crippen LogP contribution in [0.5, 0.6) is 0 Å². The van der Waals surface area contributed by atoms with Crippen LogP contribution < -0.4 is 11.1 Å². The summed E-state index contributed by atoms with van der Waals surface area (Å²) in [4.78, 5) is 11.1. The lowest BCUT2D eigenvalue weighted by Crippen LogP contribution is -2.16. The molecule has 0 saturated heterocycles. The molecule has 100 valence electrons. The maximum Gasteiger partial charge on any atom is 0.219 e. The molecule has 1 aromatic carbocycles. The van der Waals surface area contributed by atoms with Gasteiger partial charge >= 0.3 is 0 Å². The molecule has 0 atom stereocenters. The van der Waals surface area contributed by atoms with Gasteiger partial charge in [0.15, 0.2) is 0 Å². The zero-order valence-electron chi connectivity index (χ0n) is 11.2. The first kappa shape index (κ1) is 14.7. The number of rotatable bonds is 8. The summed E-state index contributed by atoms with van der Waals surface area (Å²) in [5.41, 5.74) is 8.24. The minimum Gasteiger partial charge on any atom is -0.359 e. The van der Waals surface area contributed by atoms with E-state index in [2.05, 4.69) is 29.6 Å². The van der Waals surface area contributed by atoms with Gasteiger partial charge in [0.05, 0.1) is 0 Å². The second-order valence-electron chi connectivity index (χ2n) is 4.59. The van der Waals surface area contributed by atoms with Crippen molar-refractivity contribution in [2.24, 2.45) is 5.73 Å². The Kier molecular flexibility index (Phi) is 7.11. The van der Waals surface area contributed by atoms with E-state index in [4.69, 9.17) is 5.73 Å². The van der Waals surface area contributed by atoms with Crippen molar-refractivity contribution >= 4 is 5.91 Å². The van der Waals surface area contributed by atoms with Crippen molar-refractivity contribution in [1.29, 1.82) is 0 Å². The third-order valence-electron chi connectivity index (χ3n) is 3.06. The monoisotopic (exact) mass is 248 g/mol. The van der Waals surface area contributed by atoms with Gasteiger partial charge in [-0.3, -0.25) is 4.79 Å². The molecule has 0 fully saturated rings. The number of nitrogens with one attached hydrogen (secondary N) is 1. The molecule has 0 aliphatic carbocycles. The Morgan fingerprint density at radius 2 is 1.83 bits per heavy atom. The minimum atomic E-state index is 0.131. The Bertz CT molecular complexity index is 363. The lowest BCUT2D eigenvalue weighted by molar-refractivity contribution is -0.120. The second kappa shape index (κ2) is 8.70. The van der Waals surface area contributed by atoms with E-state index in [1.54, 1.807) is 7.05 Å². The first-order valence-electron chi connectivity index (χ1n) is 6.74. The van der Waals surface area contributed by atoms with Crippen molar-refractivity contribution in [1.82, 2.24) is 5.32 Å². The van der Waals surface area contributed by atoms with Crippen LogP contribution in [-0.2, 0) is 17.6 Å². The number of carbonyl (C=O) groups excluding carboxylic acids is 1. The van der Waals surface area contributed by atoms with Gasteiger partial charge in [0.25, 0.3) is 0 Å². The number of hydrogen-bond acceptors (Lipinski definition) is 2. The van der Waals surface area contributed by atoms with Crippen molar-refractivity contribution in [3.05, 3.63) is 35.4 Å². The van der Waals surface area contributed by atoms with Crippen molar-refractivity contribution in [3.8, 4) is 0 Å². The number of hydrogen-bond donors (Lipinski definition) is 2. The van der Waals surface area contributed by atoms with E-state index in [1.807, 2.05) is 0 Å². The minimum absolute atomic E-state index is 0.131. The molecule has 0 spiro atoms. The smallest absolute Gasteiger partial charge is 0.219 e. The summed E-state index contributed by atoms with van der Waals surface area (Å²) in [6.07, 6.45) is 5.79. The van der Waals surface area contributed by atoms with Crippen LogP contribution in [0, 0.1) is 0 Å². The van der Waals surface area contributed by atoms with Crippen LogP contribution in [0.2, 0.25) is 0 Å². The summed E-state index contributed by atoms with van der Waals surface area (Å²) >= 11 is 0. The Labute approximate surface area is 110 Å². The van der Waals surface area contributed by atoms with Crippen LogP contribution >= 0.6 is 0 Å². The first-order chi connectivity index (χ1) is 8.76. The molecule has 3 heteroatoms. The second-order valence-corrected chi connectivity index (χ2v) is 4.59. The molecule has 0 radical (unpaired) electrons. The molecule has 1 rings (SSSR count). The Morgan fingerprint density at radius 1 is 1.17 bits per heavy atom. The third-order valence-corrected chi connectivity index (χ3v) is 3.06. The molecule has 0 bridgehead atoms. The molecule has 0 aliphatic heterocycles. The fourth-order valence-electron chi connectivity index (χ4n) is 1.99. The van der Waals surface area contributed by atoms with Gasteiger partial charge < -0.3 is 11.1 Å². The largest absolute Gasteiger partial charge is 0.359 e. The molecule has 0 unspecified atom stereocenters. The van der Waals surface area contributed by atoms with Crippen molar-refractivity contribution in [3.63, 3.8) is 0 Å². The topological polar surface area (TPSA) is 55.1 Å². The molecular formula is C15H24N2O. The number of unbranched alkanes of at least 4 members (excludes halogenated alkanes) is 1. The fraction of sp³-hybridized carbons (Fsp3) is 0.533. The summed E-state index contributed by atoms with van der Waals surface area (Å²) in [6.45, 7) is 0.746. The maximum atomic E-state index is 11.1. The number of carbonyl (C=O) groups is 1. The van der Waals surface area contributed by atoms with E-state index in [0.29, 0.717) is 6.42 Å². The molecule has 3 N–H and O–H groups in total. The number of nitrogens with two attached hydrogens (primary N) is 1. The molecule has 1 aromatic rings. The molecule has 18 heavy (non-hydrogen) atoms. The highest BCUT2D eigenvalue weighted by molar-refractivity contribution is 5.75. The Balaban J connectivity index is 2.31. The number of benzene rings is 1. The van der Waals surface area contributed by atoms with Crippen molar-refractivity contribution in [2.45, 2.75) is 38.5 Å². The van der Waals surface area contributed by atoms with Crippen LogP contribution in [0.4, 0.5) is 0 Å². The summed E-state index contributed by atoms with van der Waals surface area (Å²) in [6, 6.07) is 8.69. The van der Waals surface area contributed by atoms with E-state index in [9.17, 15) is 4.79 Å². The van der Waals surface area contributed by atoms with E-state index in [-0.39, 0.29) is 5.91 Å². The SMILES string of the molecule is CNC(=O)CCCCc1cccc(CCCN)c1. The fourth-order valence-corrected chi connectivity index (χ4v) is 1.99. The molecular weight excluding hydrogens is 224 g/mol. The number of aryl methyl sites for hydroxylation is 2. The highest BCUT2D eigenvalue weighted by atomic mass is 16.1. The molecule has 0 aromatic heterocycles. The molecule has 3 nitrogen and oxygen atoms in total. The molecule has 0 aliphatic rings. The highest BCUT2D eigenvalue weighted by Crippen LogP contribution is 2.11. The summed E-state index contributed by atoms with van der Waals surface area (Å²) in [5.74, 6) is 0.131.